The Bertz CT molecular complexity index is 555. The van der Waals surface area contributed by atoms with Gasteiger partial charge in [0.1, 0.15) is 0 Å². The lowest BCUT2D eigenvalue weighted by molar-refractivity contribution is -0.120. The van der Waals surface area contributed by atoms with Crippen LogP contribution in [0, 0.1) is 6.92 Å². The van der Waals surface area contributed by atoms with Gasteiger partial charge in [-0.15, -0.1) is 35.7 Å². The molecule has 0 unspecified atom stereocenters. The molecule has 0 saturated heterocycles. The van der Waals surface area contributed by atoms with Crippen molar-refractivity contribution in [2.45, 2.75) is 25.3 Å². The van der Waals surface area contributed by atoms with E-state index in [9.17, 15) is 4.79 Å². The van der Waals surface area contributed by atoms with Crippen LogP contribution in [0.5, 0.6) is 0 Å². The first kappa shape index (κ1) is 24.0. The Morgan fingerprint density at radius 3 is 2.68 bits per heavy atom. The van der Waals surface area contributed by atoms with Crippen LogP contribution in [0.25, 0.3) is 0 Å². The van der Waals surface area contributed by atoms with E-state index in [1.54, 1.807) is 18.9 Å². The van der Waals surface area contributed by atoms with Crippen molar-refractivity contribution in [3.05, 3.63) is 29.3 Å². The molecule has 3 N–H and O–H groups in total. The quantitative estimate of drug-likeness (QED) is 0.166. The van der Waals surface area contributed by atoms with Gasteiger partial charge >= 0.3 is 0 Å². The number of ether oxygens (including phenoxy) is 1. The normalized spacial score (nSPS) is 10.8. The molecule has 0 fully saturated rings. The van der Waals surface area contributed by atoms with Crippen molar-refractivity contribution in [1.82, 2.24) is 16.0 Å². The number of halogens is 1. The number of benzene rings is 1. The SMILES string of the molecule is CCNC(=NCc1ccc(C)cc1SC)NCC(=O)NCCOC.I. The minimum Gasteiger partial charge on any atom is -0.383 e. The minimum atomic E-state index is -0.0854. The number of aliphatic imine (C=N–C) groups is 1. The second-order valence-corrected chi connectivity index (χ2v) is 6.05. The predicted octanol–water partition coefficient (Wildman–Crippen LogP) is 2.15. The fraction of sp³-hybridized carbons (Fsp3) is 0.529. The predicted molar refractivity (Wildman–Crippen MR) is 116 cm³/mol. The van der Waals surface area contributed by atoms with Gasteiger partial charge in [0.25, 0.3) is 0 Å². The molecule has 0 aromatic heterocycles. The molecule has 25 heavy (non-hydrogen) atoms. The molecule has 1 rings (SSSR count). The Morgan fingerprint density at radius 2 is 2.04 bits per heavy atom. The summed E-state index contributed by atoms with van der Waals surface area (Å²) in [6.45, 7) is 6.57. The number of methoxy groups -OCH3 is 1. The third-order valence-electron chi connectivity index (χ3n) is 3.24. The molecule has 1 aromatic carbocycles. The number of hydrogen-bond donors (Lipinski definition) is 3. The van der Waals surface area contributed by atoms with Crippen LogP contribution in [-0.4, -0.2) is 51.5 Å². The summed E-state index contributed by atoms with van der Waals surface area (Å²) in [7, 11) is 1.61. The summed E-state index contributed by atoms with van der Waals surface area (Å²) < 4.78 is 4.90. The summed E-state index contributed by atoms with van der Waals surface area (Å²) in [4.78, 5) is 17.5. The zero-order chi connectivity index (χ0) is 17.8. The van der Waals surface area contributed by atoms with E-state index in [1.165, 1.54) is 16.0 Å². The van der Waals surface area contributed by atoms with Crippen LogP contribution in [0.3, 0.4) is 0 Å². The standard InChI is InChI=1S/C17H28N4O2S.HI/c1-5-18-17(21-12-16(22)19-8-9-23-3)20-11-14-7-6-13(2)10-15(14)24-4;/h6-7,10H,5,8-9,11-12H2,1-4H3,(H,19,22)(H2,18,20,21);1H. The number of carbonyl (C=O) groups excluding carboxylic acids is 1. The maximum Gasteiger partial charge on any atom is 0.239 e. The molecule has 0 saturated carbocycles. The van der Waals surface area contributed by atoms with Gasteiger partial charge in [0.2, 0.25) is 5.91 Å². The molecular formula is C17H29IN4O2S. The van der Waals surface area contributed by atoms with Crippen molar-refractivity contribution < 1.29 is 9.53 Å². The van der Waals surface area contributed by atoms with E-state index in [4.69, 9.17) is 4.74 Å². The lowest BCUT2D eigenvalue weighted by Crippen LogP contribution is -2.43. The summed E-state index contributed by atoms with van der Waals surface area (Å²) >= 11 is 1.72. The molecule has 0 aliphatic heterocycles. The van der Waals surface area contributed by atoms with Crippen LogP contribution in [0.1, 0.15) is 18.1 Å². The highest BCUT2D eigenvalue weighted by molar-refractivity contribution is 14.0. The van der Waals surface area contributed by atoms with Gasteiger partial charge in [0, 0.05) is 25.1 Å². The Labute approximate surface area is 172 Å². The molecule has 8 heteroatoms. The molecule has 6 nitrogen and oxygen atoms in total. The van der Waals surface area contributed by atoms with Crippen LogP contribution in [0.2, 0.25) is 0 Å². The first-order valence-corrected chi connectivity index (χ1v) is 9.24. The number of hydrogen-bond acceptors (Lipinski definition) is 4. The molecule has 0 atom stereocenters. The third kappa shape index (κ3) is 9.91. The second kappa shape index (κ2) is 14.2. The first-order chi connectivity index (χ1) is 11.6. The number of aryl methyl sites for hydroxylation is 1. The van der Waals surface area contributed by atoms with Gasteiger partial charge in [-0.25, -0.2) is 4.99 Å². The summed E-state index contributed by atoms with van der Waals surface area (Å²) in [5, 5.41) is 8.96. The van der Waals surface area contributed by atoms with E-state index in [2.05, 4.69) is 52.3 Å². The molecule has 1 amide bonds. The summed E-state index contributed by atoms with van der Waals surface area (Å²) in [6.07, 6.45) is 2.07. The maximum atomic E-state index is 11.7. The van der Waals surface area contributed by atoms with E-state index >= 15 is 0 Å². The monoisotopic (exact) mass is 480 g/mol. The fourth-order valence-electron chi connectivity index (χ4n) is 2.01. The van der Waals surface area contributed by atoms with Gasteiger partial charge in [-0.1, -0.05) is 12.1 Å². The van der Waals surface area contributed by atoms with Crippen LogP contribution in [0.15, 0.2) is 28.1 Å². The van der Waals surface area contributed by atoms with Gasteiger partial charge in [-0.05, 0) is 37.3 Å². The number of amides is 1. The van der Waals surface area contributed by atoms with Crippen molar-refractivity contribution >= 4 is 47.6 Å². The number of thioether (sulfide) groups is 1. The van der Waals surface area contributed by atoms with Crippen molar-refractivity contribution in [2.75, 3.05) is 39.6 Å². The summed E-state index contributed by atoms with van der Waals surface area (Å²) in [5.41, 5.74) is 2.42. The summed E-state index contributed by atoms with van der Waals surface area (Å²) in [5.74, 6) is 0.546. The Hall–Kier alpha value is -1.00. The van der Waals surface area contributed by atoms with Crippen LogP contribution >= 0.6 is 35.7 Å². The van der Waals surface area contributed by atoms with Crippen molar-refractivity contribution in [1.29, 1.82) is 0 Å². The molecule has 142 valence electrons. The molecule has 0 heterocycles. The Balaban J connectivity index is 0.00000576. The average Bonchev–Trinajstić information content (AvgIpc) is 2.58. The van der Waals surface area contributed by atoms with Crippen LogP contribution in [-0.2, 0) is 16.1 Å². The number of guanidine groups is 1. The molecule has 1 aromatic rings. The van der Waals surface area contributed by atoms with E-state index in [0.29, 0.717) is 25.7 Å². The molecule has 0 radical (unpaired) electrons. The number of carbonyl (C=O) groups is 1. The van der Waals surface area contributed by atoms with Gasteiger partial charge < -0.3 is 20.7 Å². The van der Waals surface area contributed by atoms with Crippen molar-refractivity contribution in [2.24, 2.45) is 4.99 Å². The van der Waals surface area contributed by atoms with Gasteiger partial charge in [0.05, 0.1) is 19.7 Å². The highest BCUT2D eigenvalue weighted by atomic mass is 127. The molecular weight excluding hydrogens is 451 g/mol. The van der Waals surface area contributed by atoms with Gasteiger partial charge in [-0.3, -0.25) is 4.79 Å². The maximum absolute atomic E-state index is 11.7. The lowest BCUT2D eigenvalue weighted by Gasteiger charge is -2.12. The summed E-state index contributed by atoms with van der Waals surface area (Å²) in [6, 6.07) is 6.36. The van der Waals surface area contributed by atoms with Crippen molar-refractivity contribution in [3.63, 3.8) is 0 Å². The van der Waals surface area contributed by atoms with Crippen LogP contribution < -0.4 is 16.0 Å². The molecule has 0 bridgehead atoms. The Morgan fingerprint density at radius 1 is 1.28 bits per heavy atom. The second-order valence-electron chi connectivity index (χ2n) is 5.21. The lowest BCUT2D eigenvalue weighted by atomic mass is 10.1. The molecule has 0 aliphatic carbocycles. The molecule has 0 aliphatic rings. The third-order valence-corrected chi connectivity index (χ3v) is 4.06. The first-order valence-electron chi connectivity index (χ1n) is 8.02. The molecule has 0 spiro atoms. The average molecular weight is 480 g/mol. The number of rotatable bonds is 9. The Kier molecular flexibility index (Phi) is 13.6. The zero-order valence-electron chi connectivity index (χ0n) is 15.3. The largest absolute Gasteiger partial charge is 0.383 e. The zero-order valence-corrected chi connectivity index (χ0v) is 18.5. The number of nitrogens with zero attached hydrogens (tertiary/aromatic N) is 1. The topological polar surface area (TPSA) is 74.8 Å². The van der Waals surface area contributed by atoms with E-state index < -0.39 is 0 Å². The fourth-order valence-corrected chi connectivity index (χ4v) is 2.71. The highest BCUT2D eigenvalue weighted by Gasteiger charge is 2.05. The van der Waals surface area contributed by atoms with E-state index in [1.807, 2.05) is 6.92 Å². The van der Waals surface area contributed by atoms with E-state index in [0.717, 1.165) is 6.54 Å². The van der Waals surface area contributed by atoms with E-state index in [-0.39, 0.29) is 36.4 Å². The van der Waals surface area contributed by atoms with Gasteiger partial charge in [-0.2, -0.15) is 0 Å². The van der Waals surface area contributed by atoms with Crippen LogP contribution in [0.4, 0.5) is 0 Å². The number of nitrogens with one attached hydrogen (secondary N) is 3. The van der Waals surface area contributed by atoms with Crippen molar-refractivity contribution in [3.8, 4) is 0 Å². The smallest absolute Gasteiger partial charge is 0.239 e. The minimum absolute atomic E-state index is 0. The highest BCUT2D eigenvalue weighted by Crippen LogP contribution is 2.22. The van der Waals surface area contributed by atoms with Gasteiger partial charge in [0.15, 0.2) is 5.96 Å².